The number of aryl methyl sites for hydroxylation is 1. The topological polar surface area (TPSA) is 85.1 Å². The van der Waals surface area contributed by atoms with Crippen molar-refractivity contribution in [2.45, 2.75) is 13.8 Å². The summed E-state index contributed by atoms with van der Waals surface area (Å²) in [7, 11) is 0. The predicted octanol–water partition coefficient (Wildman–Crippen LogP) is 1.64. The van der Waals surface area contributed by atoms with Gasteiger partial charge in [-0.05, 0) is 19.4 Å². The van der Waals surface area contributed by atoms with Crippen LogP contribution in [0.25, 0.3) is 5.57 Å². The molecule has 1 aromatic carbocycles. The number of ether oxygens (including phenoxy) is 1. The van der Waals surface area contributed by atoms with E-state index in [0.29, 0.717) is 24.5 Å². The number of amidine groups is 1. The lowest BCUT2D eigenvalue weighted by molar-refractivity contribution is 0.170. The van der Waals surface area contributed by atoms with E-state index in [2.05, 4.69) is 0 Å². The van der Waals surface area contributed by atoms with Crippen LogP contribution in [-0.4, -0.2) is 19.0 Å². The third-order valence-electron chi connectivity index (χ3n) is 2.39. The highest BCUT2D eigenvalue weighted by Gasteiger charge is 2.10. The second-order valence-electron chi connectivity index (χ2n) is 3.82. The lowest BCUT2D eigenvalue weighted by Crippen LogP contribution is -2.19. The standard InChI is InChI=1S/C13H19N3O/c1-3-17-8-11(14)12(13(15)16)10-6-4-9(2)5-7-10/h4-7H,3,8,14H2,1-2H3,(H3,15,16). The summed E-state index contributed by atoms with van der Waals surface area (Å²) in [6.45, 7) is 4.77. The van der Waals surface area contributed by atoms with Gasteiger partial charge in [-0.3, -0.25) is 5.41 Å². The molecule has 5 N–H and O–H groups in total. The molecule has 0 aliphatic rings. The van der Waals surface area contributed by atoms with E-state index in [-0.39, 0.29) is 5.84 Å². The van der Waals surface area contributed by atoms with Crippen molar-refractivity contribution in [2.75, 3.05) is 13.2 Å². The summed E-state index contributed by atoms with van der Waals surface area (Å²) < 4.78 is 5.24. The van der Waals surface area contributed by atoms with Gasteiger partial charge in [0.25, 0.3) is 0 Å². The van der Waals surface area contributed by atoms with Crippen LogP contribution in [0.2, 0.25) is 0 Å². The molecule has 92 valence electrons. The fraction of sp³-hybridized carbons (Fsp3) is 0.308. The Hall–Kier alpha value is -1.81. The average Bonchev–Trinajstić information content (AvgIpc) is 2.29. The van der Waals surface area contributed by atoms with Crippen molar-refractivity contribution >= 4 is 11.4 Å². The number of rotatable bonds is 5. The molecule has 0 saturated heterocycles. The van der Waals surface area contributed by atoms with Crippen LogP contribution in [0.3, 0.4) is 0 Å². The summed E-state index contributed by atoms with van der Waals surface area (Å²) in [6.07, 6.45) is 0. The number of nitrogens with one attached hydrogen (secondary N) is 1. The van der Waals surface area contributed by atoms with Crippen molar-refractivity contribution in [3.05, 3.63) is 41.1 Å². The Balaban J connectivity index is 3.08. The molecule has 1 aromatic rings. The molecule has 0 fully saturated rings. The zero-order valence-electron chi connectivity index (χ0n) is 10.3. The highest BCUT2D eigenvalue weighted by molar-refractivity contribution is 6.21. The molecule has 0 saturated carbocycles. The Kier molecular flexibility index (Phi) is 4.72. The van der Waals surface area contributed by atoms with Gasteiger partial charge in [0.2, 0.25) is 0 Å². The summed E-state index contributed by atoms with van der Waals surface area (Å²) in [6, 6.07) is 7.74. The minimum absolute atomic E-state index is 0.0361. The predicted molar refractivity (Wildman–Crippen MR) is 70.7 cm³/mol. The monoisotopic (exact) mass is 233 g/mol. The van der Waals surface area contributed by atoms with E-state index in [9.17, 15) is 0 Å². The fourth-order valence-electron chi connectivity index (χ4n) is 1.52. The zero-order chi connectivity index (χ0) is 12.8. The van der Waals surface area contributed by atoms with Crippen LogP contribution in [0.15, 0.2) is 30.0 Å². The molecule has 0 aliphatic heterocycles. The number of hydrogen-bond acceptors (Lipinski definition) is 3. The van der Waals surface area contributed by atoms with Gasteiger partial charge in [0.15, 0.2) is 0 Å². The second-order valence-corrected chi connectivity index (χ2v) is 3.82. The van der Waals surface area contributed by atoms with Crippen molar-refractivity contribution in [2.24, 2.45) is 11.5 Å². The Morgan fingerprint density at radius 1 is 1.24 bits per heavy atom. The Bertz CT molecular complexity index is 421. The van der Waals surface area contributed by atoms with Crippen LogP contribution in [0.1, 0.15) is 18.1 Å². The molecule has 17 heavy (non-hydrogen) atoms. The first-order valence-electron chi connectivity index (χ1n) is 5.54. The quantitative estimate of drug-likeness (QED) is 0.534. The van der Waals surface area contributed by atoms with Gasteiger partial charge in [-0.2, -0.15) is 0 Å². The van der Waals surface area contributed by atoms with Crippen LogP contribution in [-0.2, 0) is 4.74 Å². The van der Waals surface area contributed by atoms with E-state index in [1.54, 1.807) is 0 Å². The van der Waals surface area contributed by atoms with Gasteiger partial charge in [-0.1, -0.05) is 29.8 Å². The molecule has 0 unspecified atom stereocenters. The molecular weight excluding hydrogens is 214 g/mol. The second kappa shape index (κ2) is 6.06. The first kappa shape index (κ1) is 13.3. The van der Waals surface area contributed by atoms with E-state index in [0.717, 1.165) is 11.1 Å². The zero-order valence-corrected chi connectivity index (χ0v) is 10.3. The third-order valence-corrected chi connectivity index (χ3v) is 2.39. The maximum Gasteiger partial charge on any atom is 0.125 e. The number of hydrogen-bond donors (Lipinski definition) is 3. The Morgan fingerprint density at radius 2 is 1.82 bits per heavy atom. The molecule has 4 nitrogen and oxygen atoms in total. The molecule has 1 rings (SSSR count). The van der Waals surface area contributed by atoms with Crippen LogP contribution < -0.4 is 11.5 Å². The molecule has 0 amide bonds. The molecule has 0 spiro atoms. The first-order valence-corrected chi connectivity index (χ1v) is 5.54. The first-order chi connectivity index (χ1) is 8.06. The molecule has 0 atom stereocenters. The van der Waals surface area contributed by atoms with E-state index >= 15 is 0 Å². The summed E-state index contributed by atoms with van der Waals surface area (Å²) >= 11 is 0. The van der Waals surface area contributed by atoms with Crippen molar-refractivity contribution in [3.63, 3.8) is 0 Å². The summed E-state index contributed by atoms with van der Waals surface area (Å²) in [5, 5.41) is 7.59. The van der Waals surface area contributed by atoms with Gasteiger partial charge in [0, 0.05) is 17.9 Å². The minimum Gasteiger partial charge on any atom is -0.400 e. The van der Waals surface area contributed by atoms with Crippen LogP contribution in [0.4, 0.5) is 0 Å². The van der Waals surface area contributed by atoms with Crippen molar-refractivity contribution in [1.82, 2.24) is 0 Å². The molecule has 4 heteroatoms. The lowest BCUT2D eigenvalue weighted by atomic mass is 10.0. The Morgan fingerprint density at radius 3 is 2.29 bits per heavy atom. The minimum atomic E-state index is -0.0361. The van der Waals surface area contributed by atoms with Crippen molar-refractivity contribution in [1.29, 1.82) is 5.41 Å². The highest BCUT2D eigenvalue weighted by atomic mass is 16.5. The van der Waals surface area contributed by atoms with Gasteiger partial charge in [-0.25, -0.2) is 0 Å². The lowest BCUT2D eigenvalue weighted by Gasteiger charge is -2.11. The molecule has 0 heterocycles. The maximum absolute atomic E-state index is 7.59. The van der Waals surface area contributed by atoms with Gasteiger partial charge >= 0.3 is 0 Å². The van der Waals surface area contributed by atoms with E-state index < -0.39 is 0 Å². The largest absolute Gasteiger partial charge is 0.400 e. The highest BCUT2D eigenvalue weighted by Crippen LogP contribution is 2.17. The molecule has 0 aromatic heterocycles. The normalized spacial score (nSPS) is 12.1. The van der Waals surface area contributed by atoms with Crippen molar-refractivity contribution in [3.8, 4) is 0 Å². The average molecular weight is 233 g/mol. The SMILES string of the molecule is CCOCC(N)=C(C(=N)N)c1ccc(C)cc1. The molecule has 0 bridgehead atoms. The fourth-order valence-corrected chi connectivity index (χ4v) is 1.52. The van der Waals surface area contributed by atoms with E-state index in [1.807, 2.05) is 38.1 Å². The molecular formula is C13H19N3O. The van der Waals surface area contributed by atoms with E-state index in [1.165, 1.54) is 0 Å². The number of nitrogens with two attached hydrogens (primary N) is 2. The van der Waals surface area contributed by atoms with Gasteiger partial charge < -0.3 is 16.2 Å². The van der Waals surface area contributed by atoms with Gasteiger partial charge in [-0.15, -0.1) is 0 Å². The van der Waals surface area contributed by atoms with Crippen molar-refractivity contribution < 1.29 is 4.74 Å². The molecule has 0 aliphatic carbocycles. The molecule has 0 radical (unpaired) electrons. The maximum atomic E-state index is 7.59. The van der Waals surface area contributed by atoms with Crippen LogP contribution >= 0.6 is 0 Å². The smallest absolute Gasteiger partial charge is 0.125 e. The van der Waals surface area contributed by atoms with Crippen LogP contribution in [0, 0.1) is 12.3 Å². The summed E-state index contributed by atoms with van der Waals surface area (Å²) in [5.74, 6) is -0.0361. The Labute approximate surface area is 102 Å². The van der Waals surface area contributed by atoms with E-state index in [4.69, 9.17) is 21.6 Å². The van der Waals surface area contributed by atoms with Gasteiger partial charge in [0.05, 0.1) is 6.61 Å². The summed E-state index contributed by atoms with van der Waals surface area (Å²) in [5.41, 5.74) is 14.5. The number of benzene rings is 1. The van der Waals surface area contributed by atoms with Crippen LogP contribution in [0.5, 0.6) is 0 Å². The third kappa shape index (κ3) is 3.60. The summed E-state index contributed by atoms with van der Waals surface area (Å²) in [4.78, 5) is 0. The van der Waals surface area contributed by atoms with Gasteiger partial charge in [0.1, 0.15) is 5.84 Å².